The van der Waals surface area contributed by atoms with Crippen LogP contribution in [0.25, 0.3) is 0 Å². The topological polar surface area (TPSA) is 65.5 Å². The maximum Gasteiger partial charge on any atom is 0.308 e. The summed E-state index contributed by atoms with van der Waals surface area (Å²) in [4.78, 5) is 17.4. The maximum atomic E-state index is 11.2. The van der Waals surface area contributed by atoms with Gasteiger partial charge in [-0.05, 0) is 25.5 Å². The van der Waals surface area contributed by atoms with Crippen molar-refractivity contribution < 1.29 is 9.90 Å². The van der Waals surface area contributed by atoms with Gasteiger partial charge in [-0.2, -0.15) is 0 Å². The Labute approximate surface area is 121 Å². The Balaban J connectivity index is 2.75. The number of pyridine rings is 1. The van der Waals surface area contributed by atoms with Crippen LogP contribution in [0.2, 0.25) is 0 Å². The second kappa shape index (κ2) is 7.72. The summed E-state index contributed by atoms with van der Waals surface area (Å²) in [5.41, 5.74) is 0.866. The minimum Gasteiger partial charge on any atom is -0.481 e. The van der Waals surface area contributed by atoms with Crippen molar-refractivity contribution in [2.24, 2.45) is 5.92 Å². The summed E-state index contributed by atoms with van der Waals surface area (Å²) in [6.45, 7) is 3.85. The van der Waals surface area contributed by atoms with Gasteiger partial charge in [0.1, 0.15) is 5.82 Å². The van der Waals surface area contributed by atoms with Gasteiger partial charge in [-0.3, -0.25) is 4.79 Å². The van der Waals surface area contributed by atoms with Crippen LogP contribution in [0.15, 0.2) is 18.3 Å². The fourth-order valence-corrected chi connectivity index (χ4v) is 1.99. The van der Waals surface area contributed by atoms with E-state index in [4.69, 9.17) is 0 Å². The third kappa shape index (κ3) is 4.72. The summed E-state index contributed by atoms with van der Waals surface area (Å²) in [5.74, 6) is -0.307. The predicted molar refractivity (Wildman–Crippen MR) is 82.3 cm³/mol. The molecule has 1 rings (SSSR count). The van der Waals surface area contributed by atoms with Crippen molar-refractivity contribution in [1.29, 1.82) is 0 Å². The van der Waals surface area contributed by atoms with Crippen molar-refractivity contribution in [3.63, 3.8) is 0 Å². The van der Waals surface area contributed by atoms with Crippen molar-refractivity contribution in [1.82, 2.24) is 4.98 Å². The minimum atomic E-state index is -0.767. The molecule has 5 heteroatoms. The lowest BCUT2D eigenvalue weighted by Crippen LogP contribution is -2.32. The Morgan fingerprint density at radius 1 is 1.45 bits per heavy atom. The number of hydrogen-bond acceptors (Lipinski definition) is 4. The molecular formula is C15H25N3O2. The van der Waals surface area contributed by atoms with E-state index in [-0.39, 0.29) is 6.04 Å². The van der Waals surface area contributed by atoms with E-state index in [1.54, 1.807) is 13.1 Å². The van der Waals surface area contributed by atoms with Crippen LogP contribution in [0.1, 0.15) is 33.1 Å². The quantitative estimate of drug-likeness (QED) is 0.766. The van der Waals surface area contributed by atoms with Gasteiger partial charge < -0.3 is 15.3 Å². The maximum absolute atomic E-state index is 11.2. The second-order valence-corrected chi connectivity index (χ2v) is 5.32. The van der Waals surface area contributed by atoms with E-state index < -0.39 is 11.9 Å². The summed E-state index contributed by atoms with van der Waals surface area (Å²) in [6.07, 6.45) is 4.67. The van der Waals surface area contributed by atoms with E-state index in [0.717, 1.165) is 30.8 Å². The minimum absolute atomic E-state index is 0.0699. The molecule has 2 atom stereocenters. The molecule has 0 aliphatic heterocycles. The Kier molecular flexibility index (Phi) is 6.28. The predicted octanol–water partition coefficient (Wildman–Crippen LogP) is 2.84. The average Bonchev–Trinajstić information content (AvgIpc) is 2.43. The van der Waals surface area contributed by atoms with Crippen molar-refractivity contribution >= 4 is 17.5 Å². The highest BCUT2D eigenvalue weighted by molar-refractivity contribution is 5.71. The first kappa shape index (κ1) is 16.3. The Hall–Kier alpha value is -1.78. The molecule has 112 valence electrons. The zero-order valence-corrected chi connectivity index (χ0v) is 12.8. The molecule has 2 unspecified atom stereocenters. The summed E-state index contributed by atoms with van der Waals surface area (Å²) < 4.78 is 0. The molecule has 1 heterocycles. The Bertz CT molecular complexity index is 418. The fourth-order valence-electron chi connectivity index (χ4n) is 1.99. The Morgan fingerprint density at radius 3 is 2.60 bits per heavy atom. The molecule has 0 aliphatic carbocycles. The van der Waals surface area contributed by atoms with Crippen LogP contribution in [-0.2, 0) is 4.79 Å². The second-order valence-electron chi connectivity index (χ2n) is 5.32. The van der Waals surface area contributed by atoms with Gasteiger partial charge in [0.2, 0.25) is 0 Å². The lowest BCUT2D eigenvalue weighted by Gasteiger charge is -2.23. The molecule has 0 saturated heterocycles. The van der Waals surface area contributed by atoms with Crippen LogP contribution in [0.4, 0.5) is 11.5 Å². The highest BCUT2D eigenvalue weighted by Gasteiger charge is 2.23. The van der Waals surface area contributed by atoms with E-state index in [1.807, 2.05) is 31.1 Å². The molecule has 5 nitrogen and oxygen atoms in total. The van der Waals surface area contributed by atoms with Crippen molar-refractivity contribution in [2.45, 2.75) is 39.2 Å². The summed E-state index contributed by atoms with van der Waals surface area (Å²) in [5, 5.41) is 12.5. The summed E-state index contributed by atoms with van der Waals surface area (Å²) in [6, 6.07) is 3.79. The largest absolute Gasteiger partial charge is 0.481 e. The highest BCUT2D eigenvalue weighted by Crippen LogP contribution is 2.19. The van der Waals surface area contributed by atoms with Gasteiger partial charge in [-0.15, -0.1) is 0 Å². The van der Waals surface area contributed by atoms with E-state index in [2.05, 4.69) is 17.2 Å². The lowest BCUT2D eigenvalue weighted by molar-refractivity contribution is -0.141. The van der Waals surface area contributed by atoms with Crippen molar-refractivity contribution in [2.75, 3.05) is 24.3 Å². The number of carbonyl (C=O) groups is 1. The molecule has 0 saturated carbocycles. The van der Waals surface area contributed by atoms with Gasteiger partial charge in [0.05, 0.1) is 17.8 Å². The number of carboxylic acid groups (broad SMARTS) is 1. The van der Waals surface area contributed by atoms with Crippen LogP contribution in [0, 0.1) is 5.92 Å². The first-order valence-electron chi connectivity index (χ1n) is 7.08. The number of aromatic nitrogens is 1. The van der Waals surface area contributed by atoms with Gasteiger partial charge in [0, 0.05) is 20.1 Å². The SMILES string of the molecule is CCCCC(Nc1ccc(N(C)C)nc1)C(C)C(=O)O. The standard InChI is InChI=1S/C15H25N3O2/c1-5-6-7-13(11(2)15(19)20)17-12-8-9-14(16-10-12)18(3)4/h8-11,13,17H,5-7H2,1-4H3,(H,19,20). The molecule has 0 spiro atoms. The first-order valence-corrected chi connectivity index (χ1v) is 7.08. The number of aliphatic carboxylic acids is 1. The first-order chi connectivity index (χ1) is 9.45. The average molecular weight is 279 g/mol. The van der Waals surface area contributed by atoms with Gasteiger partial charge >= 0.3 is 5.97 Å². The number of rotatable bonds is 8. The van der Waals surface area contributed by atoms with E-state index in [1.165, 1.54) is 0 Å². The molecular weight excluding hydrogens is 254 g/mol. The Morgan fingerprint density at radius 2 is 2.15 bits per heavy atom. The van der Waals surface area contributed by atoms with Crippen LogP contribution < -0.4 is 10.2 Å². The number of hydrogen-bond donors (Lipinski definition) is 2. The number of carboxylic acids is 1. The summed E-state index contributed by atoms with van der Waals surface area (Å²) in [7, 11) is 3.87. The highest BCUT2D eigenvalue weighted by atomic mass is 16.4. The van der Waals surface area contributed by atoms with Crippen molar-refractivity contribution in [3.8, 4) is 0 Å². The van der Waals surface area contributed by atoms with Crippen LogP contribution in [-0.4, -0.2) is 36.2 Å². The monoisotopic (exact) mass is 279 g/mol. The smallest absolute Gasteiger partial charge is 0.308 e. The van der Waals surface area contributed by atoms with E-state index >= 15 is 0 Å². The van der Waals surface area contributed by atoms with Gasteiger partial charge in [-0.25, -0.2) is 4.98 Å². The molecule has 0 aromatic carbocycles. The normalized spacial score (nSPS) is 13.6. The van der Waals surface area contributed by atoms with Crippen LogP contribution in [0.3, 0.4) is 0 Å². The van der Waals surface area contributed by atoms with Crippen LogP contribution in [0.5, 0.6) is 0 Å². The molecule has 0 bridgehead atoms. The zero-order chi connectivity index (χ0) is 15.1. The zero-order valence-electron chi connectivity index (χ0n) is 12.8. The van der Waals surface area contributed by atoms with Crippen molar-refractivity contribution in [3.05, 3.63) is 18.3 Å². The molecule has 1 aromatic heterocycles. The molecule has 1 aromatic rings. The van der Waals surface area contributed by atoms with Crippen LogP contribution >= 0.6 is 0 Å². The van der Waals surface area contributed by atoms with E-state index in [0.29, 0.717) is 0 Å². The third-order valence-corrected chi connectivity index (χ3v) is 3.42. The number of nitrogens with zero attached hydrogens (tertiary/aromatic N) is 2. The third-order valence-electron chi connectivity index (χ3n) is 3.42. The lowest BCUT2D eigenvalue weighted by atomic mass is 9.96. The van der Waals surface area contributed by atoms with E-state index in [9.17, 15) is 9.90 Å². The summed E-state index contributed by atoms with van der Waals surface area (Å²) >= 11 is 0. The number of anilines is 2. The molecule has 0 fully saturated rings. The molecule has 0 amide bonds. The van der Waals surface area contributed by atoms with Gasteiger partial charge in [-0.1, -0.05) is 19.8 Å². The fraction of sp³-hybridized carbons (Fsp3) is 0.600. The molecule has 0 radical (unpaired) electrons. The number of unbranched alkanes of at least 4 members (excludes halogenated alkanes) is 1. The molecule has 2 N–H and O–H groups in total. The molecule has 20 heavy (non-hydrogen) atoms. The van der Waals surface area contributed by atoms with Gasteiger partial charge in [0.25, 0.3) is 0 Å². The number of nitrogens with one attached hydrogen (secondary N) is 1. The van der Waals surface area contributed by atoms with Gasteiger partial charge in [0.15, 0.2) is 0 Å². The molecule has 0 aliphatic rings.